The summed E-state index contributed by atoms with van der Waals surface area (Å²) in [6.45, 7) is 7.52. The number of anilines is 1. The number of ether oxygens (including phenoxy) is 1. The van der Waals surface area contributed by atoms with Crippen LogP contribution in [-0.2, 0) is 4.79 Å². The van der Waals surface area contributed by atoms with E-state index in [0.717, 1.165) is 17.0 Å². The fourth-order valence-corrected chi connectivity index (χ4v) is 1.41. The van der Waals surface area contributed by atoms with E-state index in [-0.39, 0.29) is 12.0 Å². The fraction of sp³-hybridized carbons (Fsp3) is 0.462. The lowest BCUT2D eigenvalue weighted by Crippen LogP contribution is -2.22. The van der Waals surface area contributed by atoms with Crippen molar-refractivity contribution in [2.75, 3.05) is 11.9 Å². The molecule has 16 heavy (non-hydrogen) atoms. The lowest BCUT2D eigenvalue weighted by atomic mass is 10.2. The zero-order valence-corrected chi connectivity index (χ0v) is 10.6. The third-order valence-corrected chi connectivity index (χ3v) is 2.38. The van der Waals surface area contributed by atoms with Gasteiger partial charge in [-0.3, -0.25) is 4.79 Å². The molecule has 1 amide bonds. The average molecular weight is 221 g/mol. The second kappa shape index (κ2) is 5.01. The first-order chi connectivity index (χ1) is 7.41. The Morgan fingerprint density at radius 2 is 2.00 bits per heavy atom. The van der Waals surface area contributed by atoms with Crippen molar-refractivity contribution in [3.05, 3.63) is 23.8 Å². The number of carbonyl (C=O) groups excluding carboxylic acids is 1. The summed E-state index contributed by atoms with van der Waals surface area (Å²) in [5.41, 5.74) is 1.93. The molecule has 0 aliphatic heterocycles. The van der Waals surface area contributed by atoms with Crippen molar-refractivity contribution in [1.29, 1.82) is 0 Å². The van der Waals surface area contributed by atoms with Crippen LogP contribution in [0.3, 0.4) is 0 Å². The van der Waals surface area contributed by atoms with E-state index < -0.39 is 0 Å². The molecule has 0 saturated heterocycles. The number of benzene rings is 1. The van der Waals surface area contributed by atoms with Crippen molar-refractivity contribution in [3.8, 4) is 5.75 Å². The Morgan fingerprint density at radius 1 is 1.38 bits per heavy atom. The zero-order chi connectivity index (χ0) is 12.3. The fourth-order valence-electron chi connectivity index (χ4n) is 1.41. The molecule has 0 unspecified atom stereocenters. The van der Waals surface area contributed by atoms with Crippen molar-refractivity contribution in [2.45, 2.75) is 33.8 Å². The number of rotatable bonds is 3. The molecule has 0 heterocycles. The Morgan fingerprint density at radius 3 is 2.44 bits per heavy atom. The van der Waals surface area contributed by atoms with E-state index >= 15 is 0 Å². The molecule has 0 aliphatic carbocycles. The normalized spacial score (nSPS) is 10.4. The molecular weight excluding hydrogens is 202 g/mol. The molecule has 0 spiro atoms. The smallest absolute Gasteiger partial charge is 0.223 e. The highest BCUT2D eigenvalue weighted by molar-refractivity contribution is 5.91. The molecule has 3 heteroatoms. The molecule has 0 N–H and O–H groups in total. The molecule has 1 aromatic rings. The molecule has 1 aromatic carbocycles. The van der Waals surface area contributed by atoms with Crippen LogP contribution in [0.4, 0.5) is 5.69 Å². The number of nitrogens with zero attached hydrogens (tertiary/aromatic N) is 1. The van der Waals surface area contributed by atoms with Crippen molar-refractivity contribution in [3.63, 3.8) is 0 Å². The van der Waals surface area contributed by atoms with Gasteiger partial charge in [-0.25, -0.2) is 0 Å². The standard InChI is InChI=1S/C13H19NO2/c1-9(2)16-13-7-6-12(8-10(13)3)14(5)11(4)15/h6-9H,1-5H3. The van der Waals surface area contributed by atoms with Crippen molar-refractivity contribution in [1.82, 2.24) is 0 Å². The predicted molar refractivity (Wildman–Crippen MR) is 66.0 cm³/mol. The third-order valence-electron chi connectivity index (χ3n) is 2.38. The minimum absolute atomic E-state index is 0.0249. The SMILES string of the molecule is CC(=O)N(C)c1ccc(OC(C)C)c(C)c1. The predicted octanol–water partition coefficient (Wildman–Crippen LogP) is 2.76. The summed E-state index contributed by atoms with van der Waals surface area (Å²) >= 11 is 0. The van der Waals surface area contributed by atoms with Crippen LogP contribution < -0.4 is 9.64 Å². The van der Waals surface area contributed by atoms with E-state index in [1.165, 1.54) is 0 Å². The molecule has 0 radical (unpaired) electrons. The molecule has 0 saturated carbocycles. The van der Waals surface area contributed by atoms with E-state index in [1.807, 2.05) is 39.0 Å². The molecule has 0 atom stereocenters. The second-order valence-corrected chi connectivity index (χ2v) is 4.19. The van der Waals surface area contributed by atoms with Gasteiger partial charge in [0.2, 0.25) is 5.91 Å². The van der Waals surface area contributed by atoms with Crippen molar-refractivity contribution < 1.29 is 9.53 Å². The number of hydrogen-bond donors (Lipinski definition) is 0. The largest absolute Gasteiger partial charge is 0.491 e. The van der Waals surface area contributed by atoms with Crippen LogP contribution in [0, 0.1) is 6.92 Å². The maximum absolute atomic E-state index is 11.2. The van der Waals surface area contributed by atoms with E-state index in [1.54, 1.807) is 18.9 Å². The van der Waals surface area contributed by atoms with Crippen molar-refractivity contribution in [2.24, 2.45) is 0 Å². The highest BCUT2D eigenvalue weighted by Crippen LogP contribution is 2.24. The van der Waals surface area contributed by atoms with Crippen LogP contribution in [0.5, 0.6) is 5.75 Å². The minimum Gasteiger partial charge on any atom is -0.491 e. The van der Waals surface area contributed by atoms with E-state index in [4.69, 9.17) is 4.74 Å². The summed E-state index contributed by atoms with van der Waals surface area (Å²) in [6.07, 6.45) is 0.162. The molecule has 3 nitrogen and oxygen atoms in total. The van der Waals surface area contributed by atoms with Crippen molar-refractivity contribution >= 4 is 11.6 Å². The highest BCUT2D eigenvalue weighted by atomic mass is 16.5. The van der Waals surface area contributed by atoms with Crippen LogP contribution in [-0.4, -0.2) is 19.1 Å². The summed E-state index contributed by atoms with van der Waals surface area (Å²) in [5, 5.41) is 0. The first-order valence-corrected chi connectivity index (χ1v) is 5.43. The third kappa shape index (κ3) is 2.99. The van der Waals surface area contributed by atoms with Gasteiger partial charge in [-0.2, -0.15) is 0 Å². The highest BCUT2D eigenvalue weighted by Gasteiger charge is 2.08. The lowest BCUT2D eigenvalue weighted by molar-refractivity contribution is -0.116. The van der Waals surface area contributed by atoms with Gasteiger partial charge in [-0.05, 0) is 44.5 Å². The second-order valence-electron chi connectivity index (χ2n) is 4.19. The average Bonchev–Trinajstić information content (AvgIpc) is 2.19. The Labute approximate surface area is 97.0 Å². The summed E-state index contributed by atoms with van der Waals surface area (Å²) < 4.78 is 5.64. The van der Waals surface area contributed by atoms with Gasteiger partial charge in [-0.15, -0.1) is 0 Å². The van der Waals surface area contributed by atoms with Gasteiger partial charge in [0, 0.05) is 19.7 Å². The number of aryl methyl sites for hydroxylation is 1. The van der Waals surface area contributed by atoms with Gasteiger partial charge in [-0.1, -0.05) is 0 Å². The molecule has 0 bridgehead atoms. The Hall–Kier alpha value is -1.51. The zero-order valence-electron chi connectivity index (χ0n) is 10.6. The van der Waals surface area contributed by atoms with Gasteiger partial charge >= 0.3 is 0 Å². The molecule has 0 aliphatic rings. The number of carbonyl (C=O) groups is 1. The quantitative estimate of drug-likeness (QED) is 0.785. The van der Waals surface area contributed by atoms with E-state index in [0.29, 0.717) is 0 Å². The Balaban J connectivity index is 2.95. The Bertz CT molecular complexity index is 386. The minimum atomic E-state index is 0.0249. The topological polar surface area (TPSA) is 29.5 Å². The summed E-state index contributed by atoms with van der Waals surface area (Å²) in [6, 6.07) is 5.76. The van der Waals surface area contributed by atoms with Crippen LogP contribution in [0.2, 0.25) is 0 Å². The van der Waals surface area contributed by atoms with E-state index in [2.05, 4.69) is 0 Å². The van der Waals surface area contributed by atoms with Gasteiger partial charge < -0.3 is 9.64 Å². The lowest BCUT2D eigenvalue weighted by Gasteiger charge is -2.18. The summed E-state index contributed by atoms with van der Waals surface area (Å²) in [7, 11) is 1.76. The van der Waals surface area contributed by atoms with E-state index in [9.17, 15) is 4.79 Å². The monoisotopic (exact) mass is 221 g/mol. The molecule has 0 fully saturated rings. The number of amides is 1. The van der Waals surface area contributed by atoms with Gasteiger partial charge in [0.25, 0.3) is 0 Å². The first kappa shape index (κ1) is 12.6. The van der Waals surface area contributed by atoms with Crippen LogP contribution in [0.15, 0.2) is 18.2 Å². The van der Waals surface area contributed by atoms with Gasteiger partial charge in [0.15, 0.2) is 0 Å². The van der Waals surface area contributed by atoms with Crippen LogP contribution >= 0.6 is 0 Å². The van der Waals surface area contributed by atoms with Crippen LogP contribution in [0.1, 0.15) is 26.3 Å². The maximum atomic E-state index is 11.2. The van der Waals surface area contributed by atoms with Gasteiger partial charge in [0.1, 0.15) is 5.75 Å². The molecular formula is C13H19NO2. The first-order valence-electron chi connectivity index (χ1n) is 5.43. The summed E-state index contributed by atoms with van der Waals surface area (Å²) in [4.78, 5) is 12.8. The van der Waals surface area contributed by atoms with Gasteiger partial charge in [0.05, 0.1) is 6.10 Å². The molecule has 1 rings (SSSR count). The maximum Gasteiger partial charge on any atom is 0.223 e. The number of hydrogen-bond acceptors (Lipinski definition) is 2. The molecule has 0 aromatic heterocycles. The molecule has 88 valence electrons. The summed E-state index contributed by atoms with van der Waals surface area (Å²) in [5.74, 6) is 0.896. The Kier molecular flexibility index (Phi) is 3.93. The van der Waals surface area contributed by atoms with Crippen LogP contribution in [0.25, 0.3) is 0 Å².